The Balaban J connectivity index is 3.13. The Hall–Kier alpha value is -0.830. The van der Waals surface area contributed by atoms with Gasteiger partial charge in [-0.15, -0.1) is 0 Å². The molecule has 0 aromatic heterocycles. The van der Waals surface area contributed by atoms with Gasteiger partial charge in [0.05, 0.1) is 0 Å². The van der Waals surface area contributed by atoms with Gasteiger partial charge in [-0.3, -0.25) is 4.79 Å². The molecule has 0 atom stereocenters. The average Bonchev–Trinajstić information content (AvgIpc) is 2.01. The molecule has 1 N–H and O–H groups in total. The van der Waals surface area contributed by atoms with Gasteiger partial charge in [0, 0.05) is 10.2 Å². The van der Waals surface area contributed by atoms with Crippen LogP contribution in [0.25, 0.3) is 0 Å². The van der Waals surface area contributed by atoms with Crippen LogP contribution < -0.4 is 5.32 Å². The van der Waals surface area contributed by atoms with E-state index in [1.807, 2.05) is 26.0 Å². The van der Waals surface area contributed by atoms with Gasteiger partial charge in [0.1, 0.15) is 0 Å². The molecule has 2 nitrogen and oxygen atoms in total. The second kappa shape index (κ2) is 3.72. The third-order valence-corrected chi connectivity index (χ3v) is 2.57. The lowest BCUT2D eigenvalue weighted by atomic mass is 10.1. The minimum atomic E-state index is 0.690. The molecule has 1 amide bonds. The first-order chi connectivity index (χ1) is 5.65. The number of aryl methyl sites for hydroxylation is 2. The fraction of sp³-hybridized carbons (Fsp3) is 0.222. The van der Waals surface area contributed by atoms with Crippen LogP contribution >= 0.6 is 15.9 Å². The van der Waals surface area contributed by atoms with Crippen LogP contribution in [-0.2, 0) is 4.79 Å². The molecule has 0 aliphatic rings. The molecule has 0 fully saturated rings. The topological polar surface area (TPSA) is 29.1 Å². The monoisotopic (exact) mass is 227 g/mol. The molecule has 64 valence electrons. The van der Waals surface area contributed by atoms with Gasteiger partial charge < -0.3 is 5.32 Å². The Bertz CT molecular complexity index is 310. The highest BCUT2D eigenvalue weighted by atomic mass is 79.9. The minimum Gasteiger partial charge on any atom is -0.328 e. The molecular weight excluding hydrogens is 218 g/mol. The van der Waals surface area contributed by atoms with Crippen molar-refractivity contribution in [2.45, 2.75) is 13.8 Å². The highest BCUT2D eigenvalue weighted by Crippen LogP contribution is 2.23. The molecule has 0 bridgehead atoms. The lowest BCUT2D eigenvalue weighted by Gasteiger charge is -2.06. The molecule has 0 heterocycles. The SMILES string of the molecule is Cc1cc(NC=O)c(C)cc1Br. The minimum absolute atomic E-state index is 0.690. The van der Waals surface area contributed by atoms with Crippen LogP contribution in [0.5, 0.6) is 0 Å². The molecule has 12 heavy (non-hydrogen) atoms. The van der Waals surface area contributed by atoms with Crippen molar-refractivity contribution in [2.24, 2.45) is 0 Å². The van der Waals surface area contributed by atoms with E-state index >= 15 is 0 Å². The van der Waals surface area contributed by atoms with Crippen molar-refractivity contribution >= 4 is 28.0 Å². The lowest BCUT2D eigenvalue weighted by Crippen LogP contribution is -1.96. The number of anilines is 1. The van der Waals surface area contributed by atoms with Crippen molar-refractivity contribution in [1.29, 1.82) is 0 Å². The zero-order valence-corrected chi connectivity index (χ0v) is 8.60. The summed E-state index contributed by atoms with van der Waals surface area (Å²) in [6.07, 6.45) is 0.690. The van der Waals surface area contributed by atoms with Gasteiger partial charge in [-0.05, 0) is 37.1 Å². The van der Waals surface area contributed by atoms with Crippen LogP contribution in [0, 0.1) is 13.8 Å². The lowest BCUT2D eigenvalue weighted by molar-refractivity contribution is -0.105. The van der Waals surface area contributed by atoms with Gasteiger partial charge in [-0.1, -0.05) is 15.9 Å². The molecule has 0 saturated carbocycles. The van der Waals surface area contributed by atoms with E-state index in [-0.39, 0.29) is 0 Å². The molecule has 0 aliphatic carbocycles. The Morgan fingerprint density at radius 1 is 1.33 bits per heavy atom. The van der Waals surface area contributed by atoms with Gasteiger partial charge >= 0.3 is 0 Å². The number of rotatable bonds is 2. The zero-order valence-electron chi connectivity index (χ0n) is 7.02. The van der Waals surface area contributed by atoms with E-state index in [2.05, 4.69) is 21.2 Å². The molecule has 1 aromatic rings. The number of hydrogen-bond donors (Lipinski definition) is 1. The van der Waals surface area contributed by atoms with E-state index in [1.54, 1.807) is 0 Å². The highest BCUT2D eigenvalue weighted by molar-refractivity contribution is 9.10. The largest absolute Gasteiger partial charge is 0.328 e. The Morgan fingerprint density at radius 2 is 2.00 bits per heavy atom. The molecule has 0 unspecified atom stereocenters. The maximum absolute atomic E-state index is 10.2. The number of nitrogens with one attached hydrogen (secondary N) is 1. The third-order valence-electron chi connectivity index (χ3n) is 1.72. The maximum atomic E-state index is 10.2. The van der Waals surface area contributed by atoms with Crippen LogP contribution in [0.1, 0.15) is 11.1 Å². The summed E-state index contributed by atoms with van der Waals surface area (Å²) in [5, 5.41) is 2.64. The standard InChI is InChI=1S/C9H10BrNO/c1-6-4-9(11-5-12)7(2)3-8(6)10/h3-5H,1-2H3,(H,11,12). The van der Waals surface area contributed by atoms with Gasteiger partial charge in [0.2, 0.25) is 6.41 Å². The van der Waals surface area contributed by atoms with Crippen molar-refractivity contribution in [3.8, 4) is 0 Å². The summed E-state index contributed by atoms with van der Waals surface area (Å²) in [6, 6.07) is 3.93. The van der Waals surface area contributed by atoms with Crippen LogP contribution in [0.15, 0.2) is 16.6 Å². The molecule has 1 rings (SSSR count). The van der Waals surface area contributed by atoms with E-state index in [1.165, 1.54) is 0 Å². The molecule has 1 aromatic carbocycles. The molecule has 0 saturated heterocycles. The molecule has 0 radical (unpaired) electrons. The fourth-order valence-corrected chi connectivity index (χ4v) is 1.46. The van der Waals surface area contributed by atoms with Gasteiger partial charge in [-0.2, -0.15) is 0 Å². The van der Waals surface area contributed by atoms with Crippen molar-refractivity contribution in [2.75, 3.05) is 5.32 Å². The number of carbonyl (C=O) groups is 1. The summed E-state index contributed by atoms with van der Waals surface area (Å²) in [6.45, 7) is 3.94. The number of carbonyl (C=O) groups excluding carboxylic acids is 1. The number of benzene rings is 1. The molecule has 3 heteroatoms. The number of hydrogen-bond acceptors (Lipinski definition) is 1. The van der Waals surface area contributed by atoms with Crippen molar-refractivity contribution in [1.82, 2.24) is 0 Å². The van der Waals surface area contributed by atoms with E-state index < -0.39 is 0 Å². The first kappa shape index (κ1) is 9.26. The van der Waals surface area contributed by atoms with E-state index in [0.717, 1.165) is 21.3 Å². The molecule has 0 spiro atoms. The van der Waals surface area contributed by atoms with Crippen LogP contribution in [0.2, 0.25) is 0 Å². The van der Waals surface area contributed by atoms with Crippen molar-refractivity contribution < 1.29 is 4.79 Å². The molecular formula is C9H10BrNO. The predicted molar refractivity (Wildman–Crippen MR) is 53.3 cm³/mol. The summed E-state index contributed by atoms with van der Waals surface area (Å²) in [7, 11) is 0. The normalized spacial score (nSPS) is 9.58. The zero-order chi connectivity index (χ0) is 9.14. The Labute approximate surface area is 80.1 Å². The summed E-state index contributed by atoms with van der Waals surface area (Å²) < 4.78 is 1.07. The fourth-order valence-electron chi connectivity index (χ4n) is 1.000. The second-order valence-corrected chi connectivity index (χ2v) is 3.53. The van der Waals surface area contributed by atoms with E-state index in [0.29, 0.717) is 6.41 Å². The van der Waals surface area contributed by atoms with Crippen LogP contribution in [0.3, 0.4) is 0 Å². The van der Waals surface area contributed by atoms with E-state index in [9.17, 15) is 4.79 Å². The summed E-state index contributed by atoms with van der Waals surface area (Å²) >= 11 is 3.42. The van der Waals surface area contributed by atoms with Gasteiger partial charge in [0.15, 0.2) is 0 Å². The maximum Gasteiger partial charge on any atom is 0.211 e. The summed E-state index contributed by atoms with van der Waals surface area (Å²) in [5.74, 6) is 0. The first-order valence-electron chi connectivity index (χ1n) is 3.62. The summed E-state index contributed by atoms with van der Waals surface area (Å²) in [4.78, 5) is 10.2. The Kier molecular flexibility index (Phi) is 2.87. The number of halogens is 1. The average molecular weight is 228 g/mol. The van der Waals surface area contributed by atoms with Gasteiger partial charge in [-0.25, -0.2) is 0 Å². The highest BCUT2D eigenvalue weighted by Gasteiger charge is 2.00. The first-order valence-corrected chi connectivity index (χ1v) is 4.41. The van der Waals surface area contributed by atoms with Crippen molar-refractivity contribution in [3.05, 3.63) is 27.7 Å². The van der Waals surface area contributed by atoms with Crippen LogP contribution in [0.4, 0.5) is 5.69 Å². The predicted octanol–water partition coefficient (Wildman–Crippen LogP) is 2.63. The van der Waals surface area contributed by atoms with E-state index in [4.69, 9.17) is 0 Å². The quantitative estimate of drug-likeness (QED) is 0.774. The number of amides is 1. The van der Waals surface area contributed by atoms with Crippen molar-refractivity contribution in [3.63, 3.8) is 0 Å². The van der Waals surface area contributed by atoms with Crippen LogP contribution in [-0.4, -0.2) is 6.41 Å². The summed E-state index contributed by atoms with van der Waals surface area (Å²) in [5.41, 5.74) is 3.04. The van der Waals surface area contributed by atoms with Gasteiger partial charge in [0.25, 0.3) is 0 Å². The third kappa shape index (κ3) is 1.85. The Morgan fingerprint density at radius 3 is 2.58 bits per heavy atom. The molecule has 0 aliphatic heterocycles. The smallest absolute Gasteiger partial charge is 0.211 e. The second-order valence-electron chi connectivity index (χ2n) is 2.68.